The van der Waals surface area contributed by atoms with Crippen LogP contribution in [0.3, 0.4) is 0 Å². The minimum atomic E-state index is 0.179. The number of carbonyl (C=O) groups excluding carboxylic acids is 1. The molecule has 1 amide bonds. The number of hydrogen-bond acceptors (Lipinski definition) is 3. The third-order valence-electron chi connectivity index (χ3n) is 3.60. The van der Waals surface area contributed by atoms with Gasteiger partial charge in [-0.25, -0.2) is 0 Å². The van der Waals surface area contributed by atoms with Crippen LogP contribution in [-0.4, -0.2) is 44.2 Å². The second-order valence-corrected chi connectivity index (χ2v) is 5.10. The number of nitrogens with one attached hydrogen (secondary N) is 1. The van der Waals surface area contributed by atoms with E-state index < -0.39 is 0 Å². The van der Waals surface area contributed by atoms with Crippen molar-refractivity contribution in [1.29, 1.82) is 0 Å². The standard InChI is InChI=1S/C15H22N2O2/c1-17-10-13(8-9-15(17)18)16-14(11-19-2)12-6-4-3-5-7-12/h3-7,13-14,16H,8-11H2,1-2H3. The first kappa shape index (κ1) is 14.0. The first-order valence-corrected chi connectivity index (χ1v) is 6.74. The zero-order valence-corrected chi connectivity index (χ0v) is 11.6. The van der Waals surface area contributed by atoms with Crippen molar-refractivity contribution in [3.8, 4) is 0 Å². The normalized spacial score (nSPS) is 21.5. The number of benzene rings is 1. The molecule has 1 saturated heterocycles. The number of methoxy groups -OCH3 is 1. The summed E-state index contributed by atoms with van der Waals surface area (Å²) >= 11 is 0. The Kier molecular flexibility index (Phi) is 4.93. The molecule has 1 N–H and O–H groups in total. The Morgan fingerprint density at radius 1 is 1.42 bits per heavy atom. The lowest BCUT2D eigenvalue weighted by molar-refractivity contribution is -0.132. The van der Waals surface area contributed by atoms with E-state index in [1.165, 1.54) is 5.56 Å². The van der Waals surface area contributed by atoms with Crippen molar-refractivity contribution in [2.75, 3.05) is 27.3 Å². The van der Waals surface area contributed by atoms with Gasteiger partial charge in [0.15, 0.2) is 0 Å². The van der Waals surface area contributed by atoms with Crippen molar-refractivity contribution in [3.05, 3.63) is 35.9 Å². The van der Waals surface area contributed by atoms with Crippen molar-refractivity contribution >= 4 is 5.91 Å². The Balaban J connectivity index is 1.99. The fraction of sp³-hybridized carbons (Fsp3) is 0.533. The number of likely N-dealkylation sites (N-methyl/N-ethyl adjacent to an activating group) is 1. The average Bonchev–Trinajstić information content (AvgIpc) is 2.43. The molecule has 0 spiro atoms. The summed E-state index contributed by atoms with van der Waals surface area (Å²) in [4.78, 5) is 13.3. The molecular formula is C15H22N2O2. The summed E-state index contributed by atoms with van der Waals surface area (Å²) in [6.45, 7) is 1.41. The summed E-state index contributed by atoms with van der Waals surface area (Å²) in [7, 11) is 3.58. The van der Waals surface area contributed by atoms with Gasteiger partial charge in [-0.15, -0.1) is 0 Å². The van der Waals surface area contributed by atoms with Gasteiger partial charge in [-0.05, 0) is 12.0 Å². The van der Waals surface area contributed by atoms with Crippen LogP contribution >= 0.6 is 0 Å². The quantitative estimate of drug-likeness (QED) is 0.876. The summed E-state index contributed by atoms with van der Waals surface area (Å²) in [6, 6.07) is 10.8. The number of nitrogens with zero attached hydrogens (tertiary/aromatic N) is 1. The molecule has 1 aromatic carbocycles. The van der Waals surface area contributed by atoms with Gasteiger partial charge in [0.25, 0.3) is 0 Å². The maximum Gasteiger partial charge on any atom is 0.222 e. The molecular weight excluding hydrogens is 240 g/mol. The summed E-state index contributed by atoms with van der Waals surface area (Å²) in [6.07, 6.45) is 1.53. The molecule has 0 bridgehead atoms. The number of hydrogen-bond donors (Lipinski definition) is 1. The third kappa shape index (κ3) is 3.78. The number of amides is 1. The van der Waals surface area contributed by atoms with Gasteiger partial charge in [0, 0.05) is 33.2 Å². The Morgan fingerprint density at radius 2 is 2.16 bits per heavy atom. The molecule has 0 saturated carbocycles. The van der Waals surface area contributed by atoms with Crippen molar-refractivity contribution < 1.29 is 9.53 Å². The summed E-state index contributed by atoms with van der Waals surface area (Å²) in [5.41, 5.74) is 1.23. The van der Waals surface area contributed by atoms with Gasteiger partial charge in [-0.2, -0.15) is 0 Å². The van der Waals surface area contributed by atoms with Crippen LogP contribution in [0.25, 0.3) is 0 Å². The summed E-state index contributed by atoms with van der Waals surface area (Å²) < 4.78 is 5.30. The van der Waals surface area contributed by atoms with E-state index in [9.17, 15) is 4.79 Å². The van der Waals surface area contributed by atoms with Crippen LogP contribution in [-0.2, 0) is 9.53 Å². The maximum atomic E-state index is 11.5. The molecule has 2 unspecified atom stereocenters. The smallest absolute Gasteiger partial charge is 0.222 e. The zero-order valence-electron chi connectivity index (χ0n) is 11.6. The van der Waals surface area contributed by atoms with Gasteiger partial charge in [-0.3, -0.25) is 4.79 Å². The highest BCUT2D eigenvalue weighted by atomic mass is 16.5. The Labute approximate surface area is 114 Å². The Hall–Kier alpha value is -1.39. The van der Waals surface area contributed by atoms with Crippen molar-refractivity contribution in [3.63, 3.8) is 0 Å². The van der Waals surface area contributed by atoms with Crippen LogP contribution < -0.4 is 5.32 Å². The average molecular weight is 262 g/mol. The number of piperidine rings is 1. The van der Waals surface area contributed by atoms with Gasteiger partial charge in [0.1, 0.15) is 0 Å². The minimum Gasteiger partial charge on any atom is -0.383 e. The topological polar surface area (TPSA) is 41.6 Å². The van der Waals surface area contributed by atoms with Crippen LogP contribution in [0.2, 0.25) is 0 Å². The van der Waals surface area contributed by atoms with Gasteiger partial charge in [0.2, 0.25) is 5.91 Å². The van der Waals surface area contributed by atoms with Gasteiger partial charge in [0.05, 0.1) is 12.6 Å². The highest BCUT2D eigenvalue weighted by Crippen LogP contribution is 2.17. The van der Waals surface area contributed by atoms with E-state index in [-0.39, 0.29) is 11.9 Å². The van der Waals surface area contributed by atoms with Crippen LogP contribution in [0, 0.1) is 0 Å². The molecule has 2 atom stereocenters. The van der Waals surface area contributed by atoms with E-state index in [1.54, 1.807) is 12.0 Å². The van der Waals surface area contributed by atoms with E-state index in [0.717, 1.165) is 13.0 Å². The highest BCUT2D eigenvalue weighted by Gasteiger charge is 2.25. The van der Waals surface area contributed by atoms with Gasteiger partial charge < -0.3 is 15.0 Å². The number of carbonyl (C=O) groups is 1. The van der Waals surface area contributed by atoms with Crippen LogP contribution in [0.5, 0.6) is 0 Å². The predicted octanol–water partition coefficient (Wildman–Crippen LogP) is 1.58. The number of ether oxygens (including phenoxy) is 1. The fourth-order valence-corrected chi connectivity index (χ4v) is 2.53. The molecule has 1 aromatic rings. The molecule has 104 valence electrons. The first-order valence-electron chi connectivity index (χ1n) is 6.74. The third-order valence-corrected chi connectivity index (χ3v) is 3.60. The Morgan fingerprint density at radius 3 is 2.79 bits per heavy atom. The molecule has 0 radical (unpaired) electrons. The fourth-order valence-electron chi connectivity index (χ4n) is 2.53. The van der Waals surface area contributed by atoms with E-state index >= 15 is 0 Å². The summed E-state index contributed by atoms with van der Waals surface area (Å²) in [5.74, 6) is 0.237. The lowest BCUT2D eigenvalue weighted by Crippen LogP contribution is -2.48. The minimum absolute atomic E-state index is 0.179. The summed E-state index contributed by atoms with van der Waals surface area (Å²) in [5, 5.41) is 3.61. The van der Waals surface area contributed by atoms with Crippen LogP contribution in [0.1, 0.15) is 24.4 Å². The second-order valence-electron chi connectivity index (χ2n) is 5.10. The zero-order chi connectivity index (χ0) is 13.7. The predicted molar refractivity (Wildman–Crippen MR) is 74.9 cm³/mol. The number of rotatable bonds is 5. The van der Waals surface area contributed by atoms with Crippen LogP contribution in [0.4, 0.5) is 0 Å². The molecule has 4 nitrogen and oxygen atoms in total. The molecule has 2 rings (SSSR count). The van der Waals surface area contributed by atoms with E-state index in [0.29, 0.717) is 19.1 Å². The molecule has 1 aliphatic rings. The first-order chi connectivity index (χ1) is 9.20. The van der Waals surface area contributed by atoms with E-state index in [2.05, 4.69) is 17.4 Å². The van der Waals surface area contributed by atoms with E-state index in [4.69, 9.17) is 4.74 Å². The van der Waals surface area contributed by atoms with Crippen molar-refractivity contribution in [2.45, 2.75) is 24.9 Å². The molecule has 0 aliphatic carbocycles. The van der Waals surface area contributed by atoms with Crippen molar-refractivity contribution in [1.82, 2.24) is 10.2 Å². The Bertz CT molecular complexity index is 408. The SMILES string of the molecule is COCC(NC1CCC(=O)N(C)C1)c1ccccc1. The van der Waals surface area contributed by atoms with Gasteiger partial charge >= 0.3 is 0 Å². The number of likely N-dealkylation sites (tertiary alicyclic amines) is 1. The monoisotopic (exact) mass is 262 g/mol. The molecule has 1 heterocycles. The molecule has 0 aromatic heterocycles. The molecule has 1 fully saturated rings. The largest absolute Gasteiger partial charge is 0.383 e. The van der Waals surface area contributed by atoms with Crippen LogP contribution in [0.15, 0.2) is 30.3 Å². The van der Waals surface area contributed by atoms with Crippen molar-refractivity contribution in [2.24, 2.45) is 0 Å². The highest BCUT2D eigenvalue weighted by molar-refractivity contribution is 5.76. The second kappa shape index (κ2) is 6.68. The maximum absolute atomic E-state index is 11.5. The molecule has 4 heteroatoms. The molecule has 1 aliphatic heterocycles. The lowest BCUT2D eigenvalue weighted by Gasteiger charge is -2.33. The molecule has 19 heavy (non-hydrogen) atoms. The lowest BCUT2D eigenvalue weighted by atomic mass is 10.0. The van der Waals surface area contributed by atoms with Gasteiger partial charge in [-0.1, -0.05) is 30.3 Å². The van der Waals surface area contributed by atoms with E-state index in [1.807, 2.05) is 25.2 Å².